The Bertz CT molecular complexity index is 615. The summed E-state index contributed by atoms with van der Waals surface area (Å²) in [6.45, 7) is 0.535. The van der Waals surface area contributed by atoms with E-state index in [1.54, 1.807) is 35.5 Å². The largest absolute Gasteiger partial charge is 0.383 e. The first-order chi connectivity index (χ1) is 8.97. The summed E-state index contributed by atoms with van der Waals surface area (Å²) >= 11 is 8.29. The number of halogens is 2. The zero-order valence-corrected chi connectivity index (χ0v) is 14.0. The Kier molecular flexibility index (Phi) is 4.59. The van der Waals surface area contributed by atoms with Gasteiger partial charge >= 0.3 is 0 Å². The molecule has 2 aromatic rings. The molecular weight excluding hydrogens is 394 g/mol. The zero-order valence-electron chi connectivity index (χ0n) is 10.1. The minimum Gasteiger partial charge on any atom is -0.383 e. The van der Waals surface area contributed by atoms with Gasteiger partial charge in [-0.25, -0.2) is 4.98 Å². The summed E-state index contributed by atoms with van der Waals surface area (Å²) < 4.78 is 1.78. The van der Waals surface area contributed by atoms with E-state index in [9.17, 15) is 4.79 Å². The lowest BCUT2D eigenvalue weighted by Crippen LogP contribution is -2.27. The van der Waals surface area contributed by atoms with Crippen molar-refractivity contribution in [3.05, 3.63) is 43.1 Å². The van der Waals surface area contributed by atoms with Crippen molar-refractivity contribution in [2.75, 3.05) is 12.8 Å². The van der Waals surface area contributed by atoms with E-state index in [0.29, 0.717) is 12.1 Å². The first-order valence-electron chi connectivity index (χ1n) is 5.37. The molecule has 0 atom stereocenters. The molecular formula is C12H11Br2N3OS. The van der Waals surface area contributed by atoms with Crippen molar-refractivity contribution in [3.63, 3.8) is 0 Å². The van der Waals surface area contributed by atoms with E-state index in [1.807, 2.05) is 11.4 Å². The van der Waals surface area contributed by atoms with Crippen molar-refractivity contribution in [3.8, 4) is 0 Å². The van der Waals surface area contributed by atoms with Crippen LogP contribution >= 0.6 is 43.2 Å². The number of amides is 1. The van der Waals surface area contributed by atoms with E-state index in [-0.39, 0.29) is 11.7 Å². The Morgan fingerprint density at radius 1 is 1.47 bits per heavy atom. The summed E-state index contributed by atoms with van der Waals surface area (Å²) in [5.41, 5.74) is 7.23. The first kappa shape index (κ1) is 14.5. The van der Waals surface area contributed by atoms with Gasteiger partial charge in [0.25, 0.3) is 5.91 Å². The van der Waals surface area contributed by atoms with Gasteiger partial charge in [0.1, 0.15) is 5.82 Å². The molecule has 0 bridgehead atoms. The third-order valence-electron chi connectivity index (χ3n) is 2.50. The lowest BCUT2D eigenvalue weighted by atomic mass is 10.2. The lowest BCUT2D eigenvalue weighted by molar-refractivity contribution is 0.0786. The molecule has 0 aliphatic heterocycles. The van der Waals surface area contributed by atoms with Crippen LogP contribution in [0.5, 0.6) is 0 Å². The molecule has 0 radical (unpaired) electrons. The summed E-state index contributed by atoms with van der Waals surface area (Å²) in [5.74, 6) is 0.0974. The Balaban J connectivity index is 2.16. The third-order valence-corrected chi connectivity index (χ3v) is 4.49. The third kappa shape index (κ3) is 3.55. The Morgan fingerprint density at radius 3 is 2.84 bits per heavy atom. The fourth-order valence-electron chi connectivity index (χ4n) is 1.60. The molecule has 4 nitrogen and oxygen atoms in total. The van der Waals surface area contributed by atoms with Gasteiger partial charge in [-0.15, -0.1) is 11.3 Å². The fourth-order valence-corrected chi connectivity index (χ4v) is 3.13. The number of nitrogen functional groups attached to an aromatic ring is 1. The number of nitrogens with zero attached hydrogens (tertiary/aromatic N) is 2. The highest BCUT2D eigenvalue weighted by Crippen LogP contribution is 2.23. The number of pyridine rings is 1. The lowest BCUT2D eigenvalue weighted by Gasteiger charge is -2.17. The monoisotopic (exact) mass is 403 g/mol. The number of carbonyl (C=O) groups is 1. The average molecular weight is 405 g/mol. The number of hydrogen-bond donors (Lipinski definition) is 1. The minimum absolute atomic E-state index is 0.145. The molecule has 0 aliphatic carbocycles. The van der Waals surface area contributed by atoms with Gasteiger partial charge in [-0.2, -0.15) is 0 Å². The van der Waals surface area contributed by atoms with Crippen molar-refractivity contribution in [2.24, 2.45) is 0 Å². The Labute approximate surface area is 131 Å². The van der Waals surface area contributed by atoms with Crippen molar-refractivity contribution in [2.45, 2.75) is 6.54 Å². The van der Waals surface area contributed by atoms with Crippen LogP contribution in [0.2, 0.25) is 0 Å². The van der Waals surface area contributed by atoms with Crippen LogP contribution in [0.3, 0.4) is 0 Å². The summed E-state index contributed by atoms with van der Waals surface area (Å²) in [6, 6.07) is 3.68. The van der Waals surface area contributed by atoms with Crippen LogP contribution in [0.1, 0.15) is 15.9 Å². The molecule has 2 aromatic heterocycles. The fraction of sp³-hybridized carbons (Fsp3) is 0.167. The van der Waals surface area contributed by atoms with Crippen LogP contribution in [-0.4, -0.2) is 22.8 Å². The normalized spacial score (nSPS) is 10.5. The maximum absolute atomic E-state index is 12.3. The number of nitrogens with two attached hydrogens (primary N) is 1. The molecule has 0 unspecified atom stereocenters. The second-order valence-electron chi connectivity index (χ2n) is 4.01. The van der Waals surface area contributed by atoms with E-state index >= 15 is 0 Å². The molecule has 0 spiro atoms. The summed E-state index contributed by atoms with van der Waals surface area (Å²) in [5, 5.41) is 2.01. The van der Waals surface area contributed by atoms with Crippen molar-refractivity contribution >= 4 is 54.9 Å². The van der Waals surface area contributed by atoms with Crippen molar-refractivity contribution in [1.82, 2.24) is 9.88 Å². The topological polar surface area (TPSA) is 59.2 Å². The molecule has 2 heterocycles. The van der Waals surface area contributed by atoms with E-state index in [2.05, 4.69) is 36.8 Å². The SMILES string of the molecule is CN(Cc1csc(Br)c1)C(=O)c1cc(Br)cnc1N. The van der Waals surface area contributed by atoms with Gasteiger partial charge in [0.2, 0.25) is 0 Å². The van der Waals surface area contributed by atoms with Gasteiger partial charge in [-0.05, 0) is 54.9 Å². The highest BCUT2D eigenvalue weighted by atomic mass is 79.9. The molecule has 2 N–H and O–H groups in total. The predicted octanol–water partition coefficient (Wildman–Crippen LogP) is 3.52. The molecule has 0 saturated heterocycles. The number of rotatable bonds is 3. The maximum Gasteiger partial charge on any atom is 0.257 e. The van der Waals surface area contributed by atoms with Gasteiger partial charge in [-0.3, -0.25) is 4.79 Å². The first-order valence-corrected chi connectivity index (χ1v) is 7.83. The standard InChI is InChI=1S/C12H11Br2N3OS/c1-17(5-7-2-10(14)19-6-7)12(18)9-3-8(13)4-16-11(9)15/h2-4,6H,5H2,1H3,(H2,15,16). The summed E-state index contributed by atoms with van der Waals surface area (Å²) in [4.78, 5) is 17.9. The Hall–Kier alpha value is -0.920. The highest BCUT2D eigenvalue weighted by Gasteiger charge is 2.16. The number of anilines is 1. The zero-order chi connectivity index (χ0) is 14.0. The van der Waals surface area contributed by atoms with Crippen LogP contribution in [-0.2, 0) is 6.54 Å². The Morgan fingerprint density at radius 2 is 2.21 bits per heavy atom. The molecule has 2 rings (SSSR count). The number of aromatic nitrogens is 1. The van der Waals surface area contributed by atoms with E-state index in [4.69, 9.17) is 5.73 Å². The van der Waals surface area contributed by atoms with E-state index in [0.717, 1.165) is 13.8 Å². The van der Waals surface area contributed by atoms with E-state index < -0.39 is 0 Å². The maximum atomic E-state index is 12.3. The second-order valence-corrected chi connectivity index (χ2v) is 7.21. The number of hydrogen-bond acceptors (Lipinski definition) is 4. The van der Waals surface area contributed by atoms with Gasteiger partial charge in [-0.1, -0.05) is 0 Å². The number of carbonyl (C=O) groups excluding carboxylic acids is 1. The minimum atomic E-state index is -0.145. The van der Waals surface area contributed by atoms with Crippen LogP contribution in [0.4, 0.5) is 5.82 Å². The molecule has 0 aliphatic rings. The highest BCUT2D eigenvalue weighted by molar-refractivity contribution is 9.11. The second kappa shape index (κ2) is 6.02. The van der Waals surface area contributed by atoms with Crippen LogP contribution in [0.15, 0.2) is 32.0 Å². The summed E-state index contributed by atoms with van der Waals surface area (Å²) in [6.07, 6.45) is 1.57. The predicted molar refractivity (Wildman–Crippen MR) is 84.2 cm³/mol. The van der Waals surface area contributed by atoms with E-state index in [1.165, 1.54) is 0 Å². The van der Waals surface area contributed by atoms with Gasteiger partial charge < -0.3 is 10.6 Å². The van der Waals surface area contributed by atoms with Crippen LogP contribution < -0.4 is 5.73 Å². The average Bonchev–Trinajstić information content (AvgIpc) is 2.77. The van der Waals surface area contributed by atoms with Gasteiger partial charge in [0, 0.05) is 24.3 Å². The van der Waals surface area contributed by atoms with Crippen LogP contribution in [0, 0.1) is 0 Å². The van der Waals surface area contributed by atoms with Crippen LogP contribution in [0.25, 0.3) is 0 Å². The van der Waals surface area contributed by atoms with Crippen molar-refractivity contribution < 1.29 is 4.79 Å². The smallest absolute Gasteiger partial charge is 0.257 e. The molecule has 1 amide bonds. The molecule has 0 saturated carbocycles. The van der Waals surface area contributed by atoms with Gasteiger partial charge in [0.15, 0.2) is 0 Å². The molecule has 0 fully saturated rings. The summed E-state index contributed by atoms with van der Waals surface area (Å²) in [7, 11) is 1.74. The molecule has 0 aromatic carbocycles. The van der Waals surface area contributed by atoms with Gasteiger partial charge in [0.05, 0.1) is 9.35 Å². The van der Waals surface area contributed by atoms with Crippen molar-refractivity contribution in [1.29, 1.82) is 0 Å². The molecule has 100 valence electrons. The number of thiophene rings is 1. The molecule has 19 heavy (non-hydrogen) atoms. The quantitative estimate of drug-likeness (QED) is 0.851. The molecule has 7 heteroatoms.